The minimum Gasteiger partial charge on any atom is -0.358 e. The van der Waals surface area contributed by atoms with E-state index in [-0.39, 0.29) is 18.4 Å². The fourth-order valence-electron chi connectivity index (χ4n) is 3.57. The van der Waals surface area contributed by atoms with Crippen LogP contribution in [0.4, 0.5) is 5.69 Å². The van der Waals surface area contributed by atoms with Crippen molar-refractivity contribution in [1.29, 1.82) is 0 Å². The summed E-state index contributed by atoms with van der Waals surface area (Å²) in [6.07, 6.45) is 4.51. The standard InChI is InChI=1S/C21H20BrN3O2/c22-16-6-2-4-8-19(16)25-20(26)12-23-21(27)13-9-10-18-15(11-13)14-5-1-3-7-17(14)24-18/h2,4,6,8-11,24H,1,3,5,7,12H2,(H,23,27)(H,25,26). The van der Waals surface area contributed by atoms with Crippen LogP contribution in [0.2, 0.25) is 0 Å². The van der Waals surface area contributed by atoms with Gasteiger partial charge in [-0.15, -0.1) is 0 Å². The van der Waals surface area contributed by atoms with Crippen molar-refractivity contribution in [2.45, 2.75) is 25.7 Å². The van der Waals surface area contributed by atoms with Gasteiger partial charge in [-0.25, -0.2) is 0 Å². The van der Waals surface area contributed by atoms with E-state index in [4.69, 9.17) is 0 Å². The molecule has 1 aromatic heterocycles. The lowest BCUT2D eigenvalue weighted by Gasteiger charge is -2.11. The van der Waals surface area contributed by atoms with E-state index in [9.17, 15) is 9.59 Å². The summed E-state index contributed by atoms with van der Waals surface area (Å²) in [5.74, 6) is -0.514. The fraction of sp³-hybridized carbons (Fsp3) is 0.238. The lowest BCUT2D eigenvalue weighted by Crippen LogP contribution is -2.32. The number of hydrogen-bond acceptors (Lipinski definition) is 2. The summed E-state index contributed by atoms with van der Waals surface area (Å²) < 4.78 is 0.798. The zero-order valence-electron chi connectivity index (χ0n) is 14.8. The first-order chi connectivity index (χ1) is 13.1. The van der Waals surface area contributed by atoms with Gasteiger partial charge in [0, 0.05) is 26.6 Å². The Morgan fingerprint density at radius 1 is 1.07 bits per heavy atom. The Kier molecular flexibility index (Phi) is 4.99. The van der Waals surface area contributed by atoms with Crippen LogP contribution in [0.3, 0.4) is 0 Å². The number of fused-ring (bicyclic) bond motifs is 3. The predicted molar refractivity (Wildman–Crippen MR) is 110 cm³/mol. The van der Waals surface area contributed by atoms with E-state index >= 15 is 0 Å². The lowest BCUT2D eigenvalue weighted by molar-refractivity contribution is -0.115. The molecule has 0 atom stereocenters. The third-order valence-electron chi connectivity index (χ3n) is 4.92. The van der Waals surface area contributed by atoms with Crippen molar-refractivity contribution >= 4 is 44.3 Å². The summed E-state index contributed by atoms with van der Waals surface area (Å²) in [6.45, 7) is -0.0799. The third-order valence-corrected chi connectivity index (χ3v) is 5.61. The number of rotatable bonds is 4. The van der Waals surface area contributed by atoms with E-state index in [1.165, 1.54) is 24.1 Å². The monoisotopic (exact) mass is 425 g/mol. The first-order valence-electron chi connectivity index (χ1n) is 9.08. The van der Waals surface area contributed by atoms with E-state index in [1.807, 2.05) is 30.3 Å². The van der Waals surface area contributed by atoms with Crippen molar-refractivity contribution in [3.8, 4) is 0 Å². The molecule has 3 N–H and O–H groups in total. The van der Waals surface area contributed by atoms with Crippen molar-refractivity contribution in [3.05, 3.63) is 63.8 Å². The quantitative estimate of drug-likeness (QED) is 0.586. The van der Waals surface area contributed by atoms with Crippen molar-refractivity contribution in [1.82, 2.24) is 10.3 Å². The van der Waals surface area contributed by atoms with E-state index in [0.29, 0.717) is 11.3 Å². The molecule has 0 unspecified atom stereocenters. The van der Waals surface area contributed by atoms with Gasteiger partial charge in [0.25, 0.3) is 5.91 Å². The molecule has 1 heterocycles. The Bertz CT molecular complexity index is 1030. The van der Waals surface area contributed by atoms with Crippen molar-refractivity contribution in [3.63, 3.8) is 0 Å². The molecule has 6 heteroatoms. The molecule has 2 amide bonds. The number of para-hydroxylation sites is 1. The molecule has 5 nitrogen and oxygen atoms in total. The maximum atomic E-state index is 12.5. The molecular weight excluding hydrogens is 406 g/mol. The number of anilines is 1. The van der Waals surface area contributed by atoms with Gasteiger partial charge in [0.1, 0.15) is 0 Å². The minimum absolute atomic E-state index is 0.0799. The molecule has 138 valence electrons. The molecule has 4 rings (SSSR count). The van der Waals surface area contributed by atoms with Crippen LogP contribution in [0.5, 0.6) is 0 Å². The molecule has 0 saturated heterocycles. The van der Waals surface area contributed by atoms with Crippen molar-refractivity contribution in [2.24, 2.45) is 0 Å². The Morgan fingerprint density at radius 3 is 2.74 bits per heavy atom. The number of H-pyrrole nitrogens is 1. The van der Waals surface area contributed by atoms with Gasteiger partial charge in [0.2, 0.25) is 5.91 Å². The Balaban J connectivity index is 1.43. The summed E-state index contributed by atoms with van der Waals surface area (Å²) in [7, 11) is 0. The smallest absolute Gasteiger partial charge is 0.251 e. The minimum atomic E-state index is -0.268. The second kappa shape index (κ2) is 7.56. The third kappa shape index (κ3) is 3.76. The second-order valence-corrected chi connectivity index (χ2v) is 7.61. The van der Waals surface area contributed by atoms with E-state index in [0.717, 1.165) is 28.2 Å². The van der Waals surface area contributed by atoms with E-state index < -0.39 is 0 Å². The number of hydrogen-bond donors (Lipinski definition) is 3. The maximum absolute atomic E-state index is 12.5. The average molecular weight is 426 g/mol. The summed E-state index contributed by atoms with van der Waals surface area (Å²) >= 11 is 3.39. The first kappa shape index (κ1) is 17.8. The molecule has 0 aliphatic heterocycles. The van der Waals surface area contributed by atoms with Crippen LogP contribution < -0.4 is 10.6 Å². The van der Waals surface area contributed by atoms with E-state index in [1.54, 1.807) is 12.1 Å². The summed E-state index contributed by atoms with van der Waals surface area (Å²) in [5, 5.41) is 6.60. The zero-order valence-corrected chi connectivity index (χ0v) is 16.4. The number of halogens is 1. The van der Waals surface area contributed by atoms with Gasteiger partial charge in [0.05, 0.1) is 12.2 Å². The highest BCUT2D eigenvalue weighted by Crippen LogP contribution is 2.29. The van der Waals surface area contributed by atoms with Gasteiger partial charge in [-0.05, 0) is 77.5 Å². The SMILES string of the molecule is O=C(CNC(=O)c1ccc2[nH]c3c(c2c1)CCCC3)Nc1ccccc1Br. The van der Waals surface area contributed by atoms with Crippen LogP contribution in [-0.4, -0.2) is 23.3 Å². The average Bonchev–Trinajstić information content (AvgIpc) is 3.06. The van der Waals surface area contributed by atoms with Crippen LogP contribution in [0.15, 0.2) is 46.9 Å². The Hall–Kier alpha value is -2.60. The summed E-state index contributed by atoms with van der Waals surface area (Å²) in [5.41, 5.74) is 4.95. The highest BCUT2D eigenvalue weighted by molar-refractivity contribution is 9.10. The van der Waals surface area contributed by atoms with Gasteiger partial charge in [-0.3, -0.25) is 9.59 Å². The normalized spacial score (nSPS) is 13.2. The van der Waals surface area contributed by atoms with Crippen molar-refractivity contribution < 1.29 is 9.59 Å². The number of aryl methyl sites for hydroxylation is 2. The van der Waals surface area contributed by atoms with Crippen LogP contribution >= 0.6 is 15.9 Å². The number of aromatic nitrogens is 1. The number of aromatic amines is 1. The summed E-state index contributed by atoms with van der Waals surface area (Å²) in [4.78, 5) is 28.1. The molecule has 0 radical (unpaired) electrons. The highest BCUT2D eigenvalue weighted by atomic mass is 79.9. The fourth-order valence-corrected chi connectivity index (χ4v) is 3.95. The molecule has 0 saturated carbocycles. The second-order valence-electron chi connectivity index (χ2n) is 6.76. The number of carbonyl (C=O) groups is 2. The Labute approximate surface area is 165 Å². The molecular formula is C21H20BrN3O2. The van der Waals surface area contributed by atoms with Gasteiger partial charge in [-0.2, -0.15) is 0 Å². The molecule has 3 aromatic rings. The van der Waals surface area contributed by atoms with Gasteiger partial charge in [0.15, 0.2) is 0 Å². The molecule has 27 heavy (non-hydrogen) atoms. The lowest BCUT2D eigenvalue weighted by atomic mass is 9.95. The van der Waals surface area contributed by atoms with Gasteiger partial charge < -0.3 is 15.6 Å². The summed E-state index contributed by atoms with van der Waals surface area (Å²) in [6, 6.07) is 13.0. The zero-order chi connectivity index (χ0) is 18.8. The van der Waals surface area contributed by atoms with Crippen LogP contribution in [0, 0.1) is 0 Å². The maximum Gasteiger partial charge on any atom is 0.251 e. The Morgan fingerprint density at radius 2 is 1.89 bits per heavy atom. The van der Waals surface area contributed by atoms with Gasteiger partial charge in [-0.1, -0.05) is 12.1 Å². The molecule has 0 fully saturated rings. The van der Waals surface area contributed by atoms with Gasteiger partial charge >= 0.3 is 0 Å². The number of benzene rings is 2. The molecule has 0 spiro atoms. The highest BCUT2D eigenvalue weighted by Gasteiger charge is 2.17. The largest absolute Gasteiger partial charge is 0.358 e. The van der Waals surface area contributed by atoms with E-state index in [2.05, 4.69) is 31.5 Å². The molecule has 0 bridgehead atoms. The van der Waals surface area contributed by atoms with Crippen LogP contribution in [-0.2, 0) is 17.6 Å². The van der Waals surface area contributed by atoms with Crippen LogP contribution in [0.1, 0.15) is 34.5 Å². The first-order valence-corrected chi connectivity index (χ1v) is 9.87. The number of nitrogens with one attached hydrogen (secondary N) is 3. The number of amides is 2. The molecule has 1 aliphatic rings. The van der Waals surface area contributed by atoms with Crippen molar-refractivity contribution in [2.75, 3.05) is 11.9 Å². The topological polar surface area (TPSA) is 74.0 Å². The number of carbonyl (C=O) groups excluding carboxylic acids is 2. The molecule has 1 aliphatic carbocycles. The molecule has 2 aromatic carbocycles. The predicted octanol–water partition coefficient (Wildman–Crippen LogP) is 4.18. The van der Waals surface area contributed by atoms with Crippen LogP contribution in [0.25, 0.3) is 10.9 Å².